The highest BCUT2D eigenvalue weighted by Gasteiger charge is 2.17. The molecule has 0 bridgehead atoms. The van der Waals surface area contributed by atoms with E-state index >= 15 is 0 Å². The summed E-state index contributed by atoms with van der Waals surface area (Å²) in [7, 11) is 0. The molecule has 0 saturated heterocycles. The van der Waals surface area contributed by atoms with Gasteiger partial charge in [-0.2, -0.15) is 0 Å². The Morgan fingerprint density at radius 1 is 0.957 bits per heavy atom. The van der Waals surface area contributed by atoms with Crippen molar-refractivity contribution < 1.29 is 14.3 Å². The van der Waals surface area contributed by atoms with E-state index in [9.17, 15) is 9.90 Å². The molecule has 0 saturated carbocycles. The zero-order valence-electron chi connectivity index (χ0n) is 12.5. The third-order valence-corrected chi connectivity index (χ3v) is 3.63. The third kappa shape index (κ3) is 3.49. The normalized spacial score (nSPS) is 11.9. The van der Waals surface area contributed by atoms with Gasteiger partial charge in [-0.25, -0.2) is 0 Å². The summed E-state index contributed by atoms with van der Waals surface area (Å²) >= 11 is 0. The van der Waals surface area contributed by atoms with E-state index < -0.39 is 6.04 Å². The number of carbonyl (C=O) groups excluding carboxylic acids is 1. The Hall–Kier alpha value is -2.85. The molecule has 0 fully saturated rings. The zero-order chi connectivity index (χ0) is 16.1. The van der Waals surface area contributed by atoms with Crippen molar-refractivity contribution in [1.82, 2.24) is 5.32 Å². The van der Waals surface area contributed by atoms with Crippen molar-refractivity contribution >= 4 is 5.91 Å². The predicted octanol–water partition coefficient (Wildman–Crippen LogP) is 3.41. The standard InChI is InChI=1S/C19H17NO3/c21-13-17(18-7-4-12-23-18)20-19(22)16-10-8-15(9-11-16)14-5-2-1-3-6-14/h1-12,17,21H,13H2,(H,20,22). The molecule has 3 aromatic rings. The highest BCUT2D eigenvalue weighted by atomic mass is 16.3. The van der Waals surface area contributed by atoms with E-state index in [0.29, 0.717) is 11.3 Å². The lowest BCUT2D eigenvalue weighted by molar-refractivity contribution is 0.0907. The van der Waals surface area contributed by atoms with E-state index in [1.54, 1.807) is 24.3 Å². The molecule has 1 amide bonds. The maximum Gasteiger partial charge on any atom is 0.251 e. The van der Waals surface area contributed by atoms with Gasteiger partial charge in [0.15, 0.2) is 0 Å². The van der Waals surface area contributed by atoms with Crippen molar-refractivity contribution in [3.8, 4) is 11.1 Å². The molecular weight excluding hydrogens is 290 g/mol. The Morgan fingerprint density at radius 2 is 1.65 bits per heavy atom. The average Bonchev–Trinajstić information content (AvgIpc) is 3.15. The lowest BCUT2D eigenvalue weighted by Crippen LogP contribution is -2.30. The van der Waals surface area contributed by atoms with Gasteiger partial charge in [-0.15, -0.1) is 0 Å². The van der Waals surface area contributed by atoms with Crippen LogP contribution in [0.4, 0.5) is 0 Å². The fourth-order valence-corrected chi connectivity index (χ4v) is 2.38. The molecule has 3 rings (SSSR count). The first-order chi connectivity index (χ1) is 11.3. The smallest absolute Gasteiger partial charge is 0.251 e. The second-order valence-corrected chi connectivity index (χ2v) is 5.17. The molecule has 116 valence electrons. The van der Waals surface area contributed by atoms with E-state index in [2.05, 4.69) is 5.32 Å². The number of amides is 1. The van der Waals surface area contributed by atoms with Crippen LogP contribution in [-0.4, -0.2) is 17.6 Å². The van der Waals surface area contributed by atoms with Crippen molar-refractivity contribution in [1.29, 1.82) is 0 Å². The topological polar surface area (TPSA) is 62.5 Å². The van der Waals surface area contributed by atoms with Crippen LogP contribution in [0.25, 0.3) is 11.1 Å². The number of hydrogen-bond donors (Lipinski definition) is 2. The number of rotatable bonds is 5. The molecule has 4 nitrogen and oxygen atoms in total. The zero-order valence-corrected chi connectivity index (χ0v) is 12.5. The van der Waals surface area contributed by atoms with Crippen LogP contribution < -0.4 is 5.32 Å². The molecule has 0 aliphatic rings. The van der Waals surface area contributed by atoms with E-state index in [1.807, 2.05) is 42.5 Å². The Bertz CT molecular complexity index is 749. The van der Waals surface area contributed by atoms with Crippen LogP contribution in [0.2, 0.25) is 0 Å². The second kappa shape index (κ2) is 6.94. The average molecular weight is 307 g/mol. The summed E-state index contributed by atoms with van der Waals surface area (Å²) in [5.41, 5.74) is 2.69. The summed E-state index contributed by atoms with van der Waals surface area (Å²) in [4.78, 5) is 12.3. The van der Waals surface area contributed by atoms with Gasteiger partial charge in [-0.3, -0.25) is 4.79 Å². The number of nitrogens with one attached hydrogen (secondary N) is 1. The molecular formula is C19H17NO3. The summed E-state index contributed by atoms with van der Waals surface area (Å²) in [6, 6.07) is 20.2. The number of aliphatic hydroxyl groups excluding tert-OH is 1. The molecule has 23 heavy (non-hydrogen) atoms. The Labute approximate surface area is 134 Å². The first kappa shape index (κ1) is 15.1. The summed E-state index contributed by atoms with van der Waals surface area (Å²) in [6.45, 7) is -0.221. The highest BCUT2D eigenvalue weighted by Crippen LogP contribution is 2.20. The summed E-state index contributed by atoms with van der Waals surface area (Å²) in [5, 5.41) is 12.2. The van der Waals surface area contributed by atoms with E-state index in [-0.39, 0.29) is 12.5 Å². The van der Waals surface area contributed by atoms with Crippen LogP contribution in [0.1, 0.15) is 22.2 Å². The highest BCUT2D eigenvalue weighted by molar-refractivity contribution is 5.94. The lowest BCUT2D eigenvalue weighted by atomic mass is 10.0. The number of hydrogen-bond acceptors (Lipinski definition) is 3. The van der Waals surface area contributed by atoms with E-state index in [0.717, 1.165) is 11.1 Å². The minimum Gasteiger partial charge on any atom is -0.467 e. The molecule has 1 unspecified atom stereocenters. The van der Waals surface area contributed by atoms with Crippen LogP contribution in [-0.2, 0) is 0 Å². The van der Waals surface area contributed by atoms with Gasteiger partial charge < -0.3 is 14.8 Å². The molecule has 0 aliphatic heterocycles. The fourth-order valence-electron chi connectivity index (χ4n) is 2.38. The maximum atomic E-state index is 12.3. The van der Waals surface area contributed by atoms with Crippen LogP contribution in [0, 0.1) is 0 Å². The van der Waals surface area contributed by atoms with Crippen LogP contribution in [0.5, 0.6) is 0 Å². The van der Waals surface area contributed by atoms with Crippen molar-refractivity contribution in [2.75, 3.05) is 6.61 Å². The SMILES string of the molecule is O=C(NC(CO)c1ccco1)c1ccc(-c2ccccc2)cc1. The van der Waals surface area contributed by atoms with E-state index in [1.165, 1.54) is 6.26 Å². The van der Waals surface area contributed by atoms with Gasteiger partial charge in [0.1, 0.15) is 11.8 Å². The van der Waals surface area contributed by atoms with Gasteiger partial charge in [0.05, 0.1) is 12.9 Å². The summed E-state index contributed by atoms with van der Waals surface area (Å²) < 4.78 is 5.23. The van der Waals surface area contributed by atoms with Crippen LogP contribution in [0.15, 0.2) is 77.4 Å². The lowest BCUT2D eigenvalue weighted by Gasteiger charge is -2.14. The second-order valence-electron chi connectivity index (χ2n) is 5.17. The predicted molar refractivity (Wildman–Crippen MR) is 87.9 cm³/mol. The molecule has 2 N–H and O–H groups in total. The van der Waals surface area contributed by atoms with Crippen LogP contribution in [0.3, 0.4) is 0 Å². The Balaban J connectivity index is 1.73. The van der Waals surface area contributed by atoms with Gasteiger partial charge in [-0.1, -0.05) is 42.5 Å². The number of carbonyl (C=O) groups is 1. The summed E-state index contributed by atoms with van der Waals surface area (Å²) in [5.74, 6) is 0.279. The minimum atomic E-state index is -0.550. The molecule has 4 heteroatoms. The third-order valence-electron chi connectivity index (χ3n) is 3.63. The molecule has 1 heterocycles. The van der Waals surface area contributed by atoms with Gasteiger partial charge >= 0.3 is 0 Å². The summed E-state index contributed by atoms with van der Waals surface area (Å²) in [6.07, 6.45) is 1.51. The van der Waals surface area contributed by atoms with Gasteiger partial charge in [0, 0.05) is 5.56 Å². The molecule has 0 spiro atoms. The Morgan fingerprint density at radius 3 is 2.26 bits per heavy atom. The monoisotopic (exact) mass is 307 g/mol. The van der Waals surface area contributed by atoms with Crippen molar-refractivity contribution in [2.24, 2.45) is 0 Å². The molecule has 2 aromatic carbocycles. The largest absolute Gasteiger partial charge is 0.467 e. The minimum absolute atomic E-state index is 0.221. The van der Waals surface area contributed by atoms with Gasteiger partial charge in [0.2, 0.25) is 0 Å². The van der Waals surface area contributed by atoms with Crippen LogP contribution >= 0.6 is 0 Å². The molecule has 1 atom stereocenters. The first-order valence-electron chi connectivity index (χ1n) is 7.38. The quantitative estimate of drug-likeness (QED) is 0.759. The number of benzene rings is 2. The molecule has 0 radical (unpaired) electrons. The van der Waals surface area contributed by atoms with E-state index in [4.69, 9.17) is 4.42 Å². The maximum absolute atomic E-state index is 12.3. The fraction of sp³-hybridized carbons (Fsp3) is 0.105. The van der Waals surface area contributed by atoms with Crippen molar-refractivity contribution in [3.63, 3.8) is 0 Å². The van der Waals surface area contributed by atoms with Gasteiger partial charge in [-0.05, 0) is 35.4 Å². The van der Waals surface area contributed by atoms with Crippen molar-refractivity contribution in [3.05, 3.63) is 84.3 Å². The first-order valence-corrected chi connectivity index (χ1v) is 7.38. The van der Waals surface area contributed by atoms with Crippen molar-refractivity contribution in [2.45, 2.75) is 6.04 Å². The molecule has 1 aromatic heterocycles. The van der Waals surface area contributed by atoms with Gasteiger partial charge in [0.25, 0.3) is 5.91 Å². The Kier molecular flexibility index (Phi) is 4.54. The number of aliphatic hydroxyl groups is 1. The number of furan rings is 1. The molecule has 0 aliphatic carbocycles.